The number of aromatic nitrogens is 2. The fourth-order valence-electron chi connectivity index (χ4n) is 3.71. The predicted molar refractivity (Wildman–Crippen MR) is 106 cm³/mol. The van der Waals surface area contributed by atoms with Crippen LogP contribution in [0.15, 0.2) is 35.1 Å². The normalized spacial score (nSPS) is 13.9. The molecule has 5 nitrogen and oxygen atoms in total. The van der Waals surface area contributed by atoms with E-state index < -0.39 is 12.4 Å². The molecule has 28 heavy (non-hydrogen) atoms. The minimum atomic E-state index is -2.57. The highest BCUT2D eigenvalue weighted by Gasteiger charge is 2.24. The molecule has 1 aliphatic rings. The molecular weight excluding hydrogens is 432 g/mol. The third-order valence-corrected chi connectivity index (χ3v) is 5.78. The summed E-state index contributed by atoms with van der Waals surface area (Å²) in [5, 5.41) is 0.720. The highest BCUT2D eigenvalue weighted by molar-refractivity contribution is 9.10. The van der Waals surface area contributed by atoms with Gasteiger partial charge in [-0.05, 0) is 36.6 Å². The third-order valence-electron chi connectivity index (χ3n) is 5.09. The number of rotatable bonds is 3. The number of esters is 1. The summed E-state index contributed by atoms with van der Waals surface area (Å²) in [4.78, 5) is 18.6. The SMILES string of the molecule is COC(=O)c1cn(C)c2cnc(N3CCCc4cc(Br)c(C(F)F)cc43)cc12. The molecule has 0 bridgehead atoms. The van der Waals surface area contributed by atoms with E-state index in [1.165, 1.54) is 13.2 Å². The van der Waals surface area contributed by atoms with Crippen molar-refractivity contribution < 1.29 is 18.3 Å². The summed E-state index contributed by atoms with van der Waals surface area (Å²) in [5.41, 5.74) is 2.93. The maximum absolute atomic E-state index is 13.4. The number of pyridine rings is 1. The van der Waals surface area contributed by atoms with Crippen molar-refractivity contribution in [3.63, 3.8) is 0 Å². The second-order valence-corrected chi connectivity index (χ2v) is 7.62. The minimum absolute atomic E-state index is 0.0401. The zero-order valence-electron chi connectivity index (χ0n) is 15.4. The Hall–Kier alpha value is -2.48. The van der Waals surface area contributed by atoms with Gasteiger partial charge in [0, 0.05) is 40.9 Å². The number of alkyl halides is 2. The maximum atomic E-state index is 13.4. The first kappa shape index (κ1) is 18.9. The van der Waals surface area contributed by atoms with Crippen LogP contribution in [-0.2, 0) is 18.2 Å². The van der Waals surface area contributed by atoms with E-state index in [0.717, 1.165) is 35.0 Å². The lowest BCUT2D eigenvalue weighted by Crippen LogP contribution is -2.25. The number of halogens is 3. The van der Waals surface area contributed by atoms with Crippen LogP contribution < -0.4 is 4.90 Å². The van der Waals surface area contributed by atoms with Crippen molar-refractivity contribution in [2.75, 3.05) is 18.6 Å². The molecule has 0 saturated carbocycles. The Balaban J connectivity index is 1.86. The number of ether oxygens (including phenoxy) is 1. The number of hydrogen-bond acceptors (Lipinski definition) is 4. The summed E-state index contributed by atoms with van der Waals surface area (Å²) in [6, 6.07) is 5.12. The average molecular weight is 450 g/mol. The van der Waals surface area contributed by atoms with Crippen LogP contribution in [0.4, 0.5) is 20.3 Å². The van der Waals surface area contributed by atoms with Gasteiger partial charge >= 0.3 is 5.97 Å². The van der Waals surface area contributed by atoms with Gasteiger partial charge in [0.05, 0.1) is 24.4 Å². The van der Waals surface area contributed by atoms with Gasteiger partial charge in [-0.1, -0.05) is 15.9 Å². The molecule has 0 saturated heterocycles. The zero-order valence-corrected chi connectivity index (χ0v) is 17.0. The van der Waals surface area contributed by atoms with E-state index in [1.807, 2.05) is 22.6 Å². The number of hydrogen-bond donors (Lipinski definition) is 0. The van der Waals surface area contributed by atoms with Crippen molar-refractivity contribution in [3.05, 3.63) is 51.8 Å². The molecule has 0 unspecified atom stereocenters. The Bertz CT molecular complexity index is 1080. The van der Waals surface area contributed by atoms with Crippen molar-refractivity contribution in [1.82, 2.24) is 9.55 Å². The molecule has 0 N–H and O–H groups in total. The highest BCUT2D eigenvalue weighted by atomic mass is 79.9. The van der Waals surface area contributed by atoms with Gasteiger partial charge in [-0.3, -0.25) is 0 Å². The average Bonchev–Trinajstić information content (AvgIpc) is 3.02. The fraction of sp³-hybridized carbons (Fsp3) is 0.300. The zero-order chi connectivity index (χ0) is 20.0. The second kappa shape index (κ2) is 7.16. The maximum Gasteiger partial charge on any atom is 0.340 e. The summed E-state index contributed by atoms with van der Waals surface area (Å²) in [6.07, 6.45) is 2.52. The van der Waals surface area contributed by atoms with E-state index in [1.54, 1.807) is 18.5 Å². The number of fused-ring (bicyclic) bond motifs is 2. The molecule has 1 aromatic carbocycles. The van der Waals surface area contributed by atoms with Crippen LogP contribution in [0.3, 0.4) is 0 Å². The van der Waals surface area contributed by atoms with Crippen LogP contribution in [-0.4, -0.2) is 29.2 Å². The second-order valence-electron chi connectivity index (χ2n) is 6.76. The molecule has 0 aliphatic carbocycles. The van der Waals surface area contributed by atoms with Gasteiger partial charge in [-0.15, -0.1) is 0 Å². The summed E-state index contributed by atoms with van der Waals surface area (Å²) in [7, 11) is 3.17. The number of carbonyl (C=O) groups is 1. The van der Waals surface area contributed by atoms with E-state index in [2.05, 4.69) is 20.9 Å². The smallest absolute Gasteiger partial charge is 0.340 e. The molecule has 0 amide bonds. The Morgan fingerprint density at radius 2 is 2.11 bits per heavy atom. The fourth-order valence-corrected chi connectivity index (χ4v) is 4.27. The van der Waals surface area contributed by atoms with Crippen LogP contribution in [0, 0.1) is 0 Å². The molecule has 3 aromatic rings. The van der Waals surface area contributed by atoms with Gasteiger partial charge in [-0.25, -0.2) is 18.6 Å². The van der Waals surface area contributed by atoms with E-state index in [9.17, 15) is 13.6 Å². The third kappa shape index (κ3) is 3.05. The molecule has 0 atom stereocenters. The van der Waals surface area contributed by atoms with Gasteiger partial charge in [0.1, 0.15) is 5.82 Å². The summed E-state index contributed by atoms with van der Waals surface area (Å²) in [6.45, 7) is 0.663. The number of carbonyl (C=O) groups excluding carboxylic acids is 1. The van der Waals surface area contributed by atoms with Gasteiger partial charge in [-0.2, -0.15) is 0 Å². The Kier molecular flexibility index (Phi) is 4.82. The van der Waals surface area contributed by atoms with Gasteiger partial charge < -0.3 is 14.2 Å². The molecule has 0 fully saturated rings. The number of nitrogens with zero attached hydrogens (tertiary/aromatic N) is 3. The summed E-state index contributed by atoms with van der Waals surface area (Å²) >= 11 is 3.25. The van der Waals surface area contributed by atoms with E-state index >= 15 is 0 Å². The lowest BCUT2D eigenvalue weighted by molar-refractivity contribution is 0.0602. The van der Waals surface area contributed by atoms with Crippen molar-refractivity contribution in [1.29, 1.82) is 0 Å². The highest BCUT2D eigenvalue weighted by Crippen LogP contribution is 2.39. The Morgan fingerprint density at radius 1 is 1.32 bits per heavy atom. The largest absolute Gasteiger partial charge is 0.465 e. The first-order valence-corrected chi connectivity index (χ1v) is 9.61. The van der Waals surface area contributed by atoms with E-state index in [0.29, 0.717) is 22.4 Å². The van der Waals surface area contributed by atoms with Crippen LogP contribution in [0.1, 0.15) is 34.3 Å². The molecule has 8 heteroatoms. The number of aryl methyl sites for hydroxylation is 2. The molecule has 2 aromatic heterocycles. The summed E-state index contributed by atoms with van der Waals surface area (Å²) < 4.78 is 33.9. The molecule has 1 aliphatic heterocycles. The van der Waals surface area contributed by atoms with Crippen molar-refractivity contribution >= 4 is 44.3 Å². The first-order valence-electron chi connectivity index (χ1n) is 8.82. The number of anilines is 2. The van der Waals surface area contributed by atoms with Crippen LogP contribution in [0.25, 0.3) is 10.9 Å². The van der Waals surface area contributed by atoms with E-state index in [4.69, 9.17) is 4.74 Å². The van der Waals surface area contributed by atoms with Gasteiger partial charge in [0.15, 0.2) is 0 Å². The summed E-state index contributed by atoms with van der Waals surface area (Å²) in [5.74, 6) is 0.193. The molecular formula is C20H18BrF2N3O2. The topological polar surface area (TPSA) is 47.4 Å². The van der Waals surface area contributed by atoms with Crippen molar-refractivity contribution in [3.8, 4) is 0 Å². The number of benzene rings is 1. The Labute approximate surface area is 169 Å². The number of methoxy groups -OCH3 is 1. The molecule has 146 valence electrons. The minimum Gasteiger partial charge on any atom is -0.465 e. The molecule has 3 heterocycles. The van der Waals surface area contributed by atoms with Crippen molar-refractivity contribution in [2.45, 2.75) is 19.3 Å². The lowest BCUT2D eigenvalue weighted by Gasteiger charge is -2.31. The first-order chi connectivity index (χ1) is 13.4. The van der Waals surface area contributed by atoms with Gasteiger partial charge in [0.25, 0.3) is 6.43 Å². The van der Waals surface area contributed by atoms with E-state index in [-0.39, 0.29) is 5.56 Å². The molecule has 4 rings (SSSR count). The quantitative estimate of drug-likeness (QED) is 0.519. The van der Waals surface area contributed by atoms with Gasteiger partial charge in [0.2, 0.25) is 0 Å². The Morgan fingerprint density at radius 3 is 2.82 bits per heavy atom. The predicted octanol–water partition coefficient (Wildman–Crippen LogP) is 5.14. The van der Waals surface area contributed by atoms with Crippen LogP contribution in [0.2, 0.25) is 0 Å². The monoisotopic (exact) mass is 449 g/mol. The lowest BCUT2D eigenvalue weighted by atomic mass is 9.99. The van der Waals surface area contributed by atoms with Crippen LogP contribution >= 0.6 is 15.9 Å². The molecule has 0 radical (unpaired) electrons. The standard InChI is InChI=1S/C20H18BrF2N3O2/c1-25-10-14(20(27)28-2)12-8-18(24-9-17(12)25)26-5-3-4-11-6-15(21)13(19(22)23)7-16(11)26/h6-10,19H,3-5H2,1-2H3. The van der Waals surface area contributed by atoms with Crippen LogP contribution in [0.5, 0.6) is 0 Å². The molecule has 0 spiro atoms. The van der Waals surface area contributed by atoms with Crippen molar-refractivity contribution in [2.24, 2.45) is 7.05 Å².